The minimum absolute atomic E-state index is 0.0148. The summed E-state index contributed by atoms with van der Waals surface area (Å²) in [5.41, 5.74) is 1.32. The van der Waals surface area contributed by atoms with E-state index in [1.165, 1.54) is 23.5 Å². The largest absolute Gasteiger partial charge is 0.301 e. The van der Waals surface area contributed by atoms with E-state index in [0.29, 0.717) is 16.4 Å². The molecule has 8 heteroatoms. The van der Waals surface area contributed by atoms with E-state index in [9.17, 15) is 14.9 Å². The number of alkyl halides is 1. The molecule has 0 aliphatic heterocycles. The van der Waals surface area contributed by atoms with E-state index in [2.05, 4.69) is 26.2 Å². The van der Waals surface area contributed by atoms with Crippen LogP contribution in [0.5, 0.6) is 0 Å². The fraction of sp³-hybridized carbons (Fsp3) is 0.167. The molecule has 0 spiro atoms. The molecule has 2 aromatic rings. The average Bonchev–Trinajstić information content (AvgIpc) is 2.79. The van der Waals surface area contributed by atoms with E-state index in [1.54, 1.807) is 12.1 Å². The predicted molar refractivity (Wildman–Crippen MR) is 81.4 cm³/mol. The van der Waals surface area contributed by atoms with Gasteiger partial charge in [0.2, 0.25) is 5.91 Å². The molecule has 20 heavy (non-hydrogen) atoms. The summed E-state index contributed by atoms with van der Waals surface area (Å²) in [6, 6.07) is 6.27. The number of aromatic nitrogens is 1. The summed E-state index contributed by atoms with van der Waals surface area (Å²) in [4.78, 5) is 26.8. The predicted octanol–water partition coefficient (Wildman–Crippen LogP) is 3.36. The normalized spacial score (nSPS) is 10.3. The number of carbonyl (C=O) groups excluding carboxylic acids is 1. The maximum absolute atomic E-state index is 11.3. The van der Waals surface area contributed by atoms with E-state index in [1.807, 2.05) is 6.92 Å². The zero-order valence-corrected chi connectivity index (χ0v) is 12.8. The van der Waals surface area contributed by atoms with Crippen LogP contribution in [0.15, 0.2) is 24.3 Å². The zero-order valence-electron chi connectivity index (χ0n) is 10.4. The highest BCUT2D eigenvalue weighted by Gasteiger charge is 2.14. The summed E-state index contributed by atoms with van der Waals surface area (Å²) >= 11 is 4.39. The molecule has 0 saturated carbocycles. The molecule has 2 rings (SSSR count). The fourth-order valence-electron chi connectivity index (χ4n) is 1.64. The van der Waals surface area contributed by atoms with E-state index < -0.39 is 4.92 Å². The molecule has 1 N–H and O–H groups in total. The molecule has 0 radical (unpaired) electrons. The number of non-ortho nitro benzene ring substituents is 1. The molecule has 0 aliphatic rings. The van der Waals surface area contributed by atoms with Gasteiger partial charge in [0.15, 0.2) is 5.13 Å². The molecular formula is C12H10BrN3O3S. The minimum atomic E-state index is -0.446. The lowest BCUT2D eigenvalue weighted by Crippen LogP contribution is -2.11. The first-order valence-corrected chi connectivity index (χ1v) is 7.53. The number of nitro benzene ring substituents is 1. The first-order valence-electron chi connectivity index (χ1n) is 5.59. The van der Waals surface area contributed by atoms with Crippen LogP contribution in [0.2, 0.25) is 0 Å². The number of hydrogen-bond donors (Lipinski definition) is 1. The number of carbonyl (C=O) groups is 1. The number of hydrogen-bond acceptors (Lipinski definition) is 5. The van der Waals surface area contributed by atoms with Gasteiger partial charge in [-0.1, -0.05) is 28.1 Å². The quantitative estimate of drug-likeness (QED) is 0.517. The Labute approximate surface area is 127 Å². The van der Waals surface area contributed by atoms with Gasteiger partial charge < -0.3 is 5.32 Å². The van der Waals surface area contributed by atoms with Crippen LogP contribution >= 0.6 is 27.3 Å². The molecule has 0 aliphatic carbocycles. The highest BCUT2D eigenvalue weighted by molar-refractivity contribution is 9.09. The van der Waals surface area contributed by atoms with Gasteiger partial charge in [0.1, 0.15) is 0 Å². The first-order chi connectivity index (χ1) is 9.51. The number of amides is 1. The average molecular weight is 356 g/mol. The van der Waals surface area contributed by atoms with E-state index in [4.69, 9.17) is 0 Å². The van der Waals surface area contributed by atoms with Crippen molar-refractivity contribution in [3.63, 3.8) is 0 Å². The highest BCUT2D eigenvalue weighted by atomic mass is 79.9. The van der Waals surface area contributed by atoms with Crippen molar-refractivity contribution in [2.24, 2.45) is 0 Å². The Hall–Kier alpha value is -1.80. The molecule has 104 valence electrons. The van der Waals surface area contributed by atoms with E-state index in [-0.39, 0.29) is 16.9 Å². The maximum Gasteiger partial charge on any atom is 0.270 e. The summed E-state index contributed by atoms with van der Waals surface area (Å²) in [5.74, 6) is -0.190. The lowest BCUT2D eigenvalue weighted by atomic mass is 10.1. The molecule has 0 fully saturated rings. The molecule has 1 aromatic carbocycles. The van der Waals surface area contributed by atoms with Crippen LogP contribution in [0.25, 0.3) is 11.3 Å². The lowest BCUT2D eigenvalue weighted by molar-refractivity contribution is -0.384. The van der Waals surface area contributed by atoms with Gasteiger partial charge in [-0.2, -0.15) is 0 Å². The number of anilines is 1. The fourth-order valence-corrected chi connectivity index (χ4v) is 2.63. The summed E-state index contributed by atoms with van der Waals surface area (Å²) in [6.07, 6.45) is 0. The third-order valence-corrected chi connectivity index (χ3v) is 3.89. The van der Waals surface area contributed by atoms with Crippen molar-refractivity contribution in [2.45, 2.75) is 6.92 Å². The first kappa shape index (κ1) is 14.6. The summed E-state index contributed by atoms with van der Waals surface area (Å²) in [5, 5.41) is 14.1. The van der Waals surface area contributed by atoms with Gasteiger partial charge in [-0.25, -0.2) is 4.98 Å². The van der Waals surface area contributed by atoms with E-state index in [0.717, 1.165) is 4.88 Å². The van der Waals surface area contributed by atoms with Gasteiger partial charge in [0.05, 0.1) is 15.9 Å². The molecule has 0 bridgehead atoms. The molecular weight excluding hydrogens is 346 g/mol. The van der Waals surface area contributed by atoms with Crippen molar-refractivity contribution in [2.75, 3.05) is 10.6 Å². The number of aryl methyl sites for hydroxylation is 1. The third-order valence-electron chi connectivity index (χ3n) is 2.49. The monoisotopic (exact) mass is 355 g/mol. The van der Waals surface area contributed by atoms with Crippen molar-refractivity contribution in [1.29, 1.82) is 0 Å². The van der Waals surface area contributed by atoms with Crippen molar-refractivity contribution >= 4 is 44.0 Å². The van der Waals surface area contributed by atoms with Crippen molar-refractivity contribution in [3.8, 4) is 11.3 Å². The molecule has 6 nitrogen and oxygen atoms in total. The van der Waals surface area contributed by atoms with Crippen LogP contribution in [-0.2, 0) is 4.79 Å². The molecule has 0 unspecified atom stereocenters. The Balaban J connectivity index is 2.35. The molecule has 1 amide bonds. The smallest absolute Gasteiger partial charge is 0.270 e. The summed E-state index contributed by atoms with van der Waals surface area (Å²) in [7, 11) is 0. The maximum atomic E-state index is 11.3. The molecule has 1 aromatic heterocycles. The minimum Gasteiger partial charge on any atom is -0.301 e. The van der Waals surface area contributed by atoms with Gasteiger partial charge in [-0.15, -0.1) is 11.3 Å². The molecule has 1 heterocycles. The Morgan fingerprint density at radius 2 is 2.30 bits per heavy atom. The third kappa shape index (κ3) is 3.20. The van der Waals surface area contributed by atoms with Crippen LogP contribution in [0.1, 0.15) is 4.88 Å². The zero-order chi connectivity index (χ0) is 14.7. The number of rotatable bonds is 4. The van der Waals surface area contributed by atoms with Gasteiger partial charge in [-0.3, -0.25) is 14.9 Å². The van der Waals surface area contributed by atoms with Crippen molar-refractivity contribution in [1.82, 2.24) is 4.98 Å². The van der Waals surface area contributed by atoms with Crippen molar-refractivity contribution in [3.05, 3.63) is 39.3 Å². The number of nitro groups is 1. The Bertz CT molecular complexity index is 672. The van der Waals surface area contributed by atoms with Gasteiger partial charge in [0.25, 0.3) is 5.69 Å². The Morgan fingerprint density at radius 3 is 2.95 bits per heavy atom. The standard InChI is InChI=1S/C12H10BrN3O3S/c1-7-11(15-12(20-7)14-10(17)6-13)8-3-2-4-9(5-8)16(18)19/h2-5H,6H2,1H3,(H,14,15,17). The second-order valence-corrected chi connectivity index (χ2v) is 5.68. The molecule has 0 saturated heterocycles. The van der Waals surface area contributed by atoms with Gasteiger partial charge >= 0.3 is 0 Å². The summed E-state index contributed by atoms with van der Waals surface area (Å²) in [6.45, 7) is 1.86. The van der Waals surface area contributed by atoms with Crippen LogP contribution < -0.4 is 5.32 Å². The number of benzene rings is 1. The summed E-state index contributed by atoms with van der Waals surface area (Å²) < 4.78 is 0. The van der Waals surface area contributed by atoms with Crippen molar-refractivity contribution < 1.29 is 9.72 Å². The van der Waals surface area contributed by atoms with Crippen LogP contribution in [0, 0.1) is 17.0 Å². The van der Waals surface area contributed by atoms with Crippen LogP contribution in [0.3, 0.4) is 0 Å². The molecule has 0 atom stereocenters. The topological polar surface area (TPSA) is 85.1 Å². The number of halogens is 1. The lowest BCUT2D eigenvalue weighted by Gasteiger charge is -1.99. The van der Waals surface area contributed by atoms with Gasteiger partial charge in [-0.05, 0) is 6.92 Å². The van der Waals surface area contributed by atoms with Crippen LogP contribution in [0.4, 0.5) is 10.8 Å². The second kappa shape index (κ2) is 6.10. The number of thiazole rings is 1. The van der Waals surface area contributed by atoms with E-state index >= 15 is 0 Å². The SMILES string of the molecule is Cc1sc(NC(=O)CBr)nc1-c1cccc([N+](=O)[O-])c1. The second-order valence-electron chi connectivity index (χ2n) is 3.91. The highest BCUT2D eigenvalue weighted by Crippen LogP contribution is 2.31. The number of nitrogens with zero attached hydrogens (tertiary/aromatic N) is 2. The Kier molecular flexibility index (Phi) is 4.46. The van der Waals surface area contributed by atoms with Gasteiger partial charge in [0, 0.05) is 22.6 Å². The number of nitrogens with one attached hydrogen (secondary N) is 1. The van der Waals surface area contributed by atoms with Crippen LogP contribution in [-0.4, -0.2) is 21.1 Å². The Morgan fingerprint density at radius 1 is 1.55 bits per heavy atom.